The monoisotopic (exact) mass is 232 g/mol. The molecule has 3 nitrogen and oxygen atoms in total. The van der Waals surface area contributed by atoms with Crippen molar-refractivity contribution in [3.8, 4) is 0 Å². The highest BCUT2D eigenvalue weighted by molar-refractivity contribution is 7.14. The number of rotatable bonds is 3. The molecule has 78 valence electrons. The fourth-order valence-electron chi connectivity index (χ4n) is 1.69. The molecule has 0 aliphatic carbocycles. The summed E-state index contributed by atoms with van der Waals surface area (Å²) in [7, 11) is 0. The van der Waals surface area contributed by atoms with Gasteiger partial charge in [0.1, 0.15) is 5.15 Å². The van der Waals surface area contributed by atoms with Crippen LogP contribution in [0.25, 0.3) is 0 Å². The van der Waals surface area contributed by atoms with E-state index in [-0.39, 0.29) is 0 Å². The second-order valence-electron chi connectivity index (χ2n) is 3.26. The molecule has 14 heavy (non-hydrogen) atoms. The highest BCUT2D eigenvalue weighted by Crippen LogP contribution is 2.27. The molecule has 0 bridgehead atoms. The van der Waals surface area contributed by atoms with E-state index in [0.717, 1.165) is 31.3 Å². The van der Waals surface area contributed by atoms with Gasteiger partial charge in [-0.25, -0.2) is 4.98 Å². The van der Waals surface area contributed by atoms with Gasteiger partial charge in [-0.1, -0.05) is 11.6 Å². The van der Waals surface area contributed by atoms with Crippen LogP contribution in [0, 0.1) is 0 Å². The molecule has 1 aliphatic heterocycles. The second kappa shape index (κ2) is 4.47. The molecule has 1 fully saturated rings. The smallest absolute Gasteiger partial charge is 0.187 e. The molecule has 1 aromatic rings. The number of hydrogen-bond donors (Lipinski definition) is 0. The Balaban J connectivity index is 2.12. The molecular formula is C9H13ClN2OS. The van der Waals surface area contributed by atoms with Crippen molar-refractivity contribution < 1.29 is 4.74 Å². The normalized spacial score (nSPS) is 21.4. The Bertz CT molecular complexity index is 299. The Hall–Kier alpha value is -0.320. The van der Waals surface area contributed by atoms with Gasteiger partial charge < -0.3 is 9.64 Å². The standard InChI is InChI=1S/C9H13ClN2OS/c1-2-12(7-3-4-13-5-7)9-11-8(10)6-14-9/h6-7H,2-5H2,1H3. The molecule has 1 aromatic heterocycles. The zero-order valence-corrected chi connectivity index (χ0v) is 9.64. The first-order valence-corrected chi connectivity index (χ1v) is 6.02. The Labute approximate surface area is 92.7 Å². The van der Waals surface area contributed by atoms with Gasteiger partial charge in [0.25, 0.3) is 0 Å². The molecule has 2 rings (SSSR count). The molecule has 1 aliphatic rings. The maximum Gasteiger partial charge on any atom is 0.187 e. The topological polar surface area (TPSA) is 25.4 Å². The van der Waals surface area contributed by atoms with E-state index >= 15 is 0 Å². The van der Waals surface area contributed by atoms with Crippen LogP contribution in [0.4, 0.5) is 5.13 Å². The van der Waals surface area contributed by atoms with E-state index in [9.17, 15) is 0 Å². The average molecular weight is 233 g/mol. The molecule has 0 radical (unpaired) electrons. The lowest BCUT2D eigenvalue weighted by Gasteiger charge is -2.25. The minimum Gasteiger partial charge on any atom is -0.379 e. The lowest BCUT2D eigenvalue weighted by atomic mass is 10.2. The van der Waals surface area contributed by atoms with Gasteiger partial charge in [0.2, 0.25) is 0 Å². The number of halogens is 1. The quantitative estimate of drug-likeness (QED) is 0.801. The lowest BCUT2D eigenvalue weighted by Crippen LogP contribution is -2.35. The molecule has 0 amide bonds. The van der Waals surface area contributed by atoms with Crippen LogP contribution in [-0.2, 0) is 4.74 Å². The number of nitrogens with zero attached hydrogens (tertiary/aromatic N) is 2. The molecule has 0 spiro atoms. The van der Waals surface area contributed by atoms with Gasteiger partial charge in [-0.15, -0.1) is 11.3 Å². The first-order valence-electron chi connectivity index (χ1n) is 4.76. The number of hydrogen-bond acceptors (Lipinski definition) is 4. The van der Waals surface area contributed by atoms with E-state index in [1.54, 1.807) is 11.3 Å². The summed E-state index contributed by atoms with van der Waals surface area (Å²) in [5, 5.41) is 3.46. The van der Waals surface area contributed by atoms with Crippen molar-refractivity contribution >= 4 is 28.1 Å². The minimum atomic E-state index is 0.474. The van der Waals surface area contributed by atoms with Crippen molar-refractivity contribution in [2.45, 2.75) is 19.4 Å². The van der Waals surface area contributed by atoms with Crippen LogP contribution >= 0.6 is 22.9 Å². The fraction of sp³-hybridized carbons (Fsp3) is 0.667. The van der Waals surface area contributed by atoms with Crippen LogP contribution in [-0.4, -0.2) is 30.8 Å². The summed E-state index contributed by atoms with van der Waals surface area (Å²) in [5.74, 6) is 0. The van der Waals surface area contributed by atoms with Crippen molar-refractivity contribution in [3.63, 3.8) is 0 Å². The number of likely N-dealkylation sites (N-methyl/N-ethyl adjacent to an activating group) is 1. The first-order chi connectivity index (χ1) is 6.81. The summed E-state index contributed by atoms with van der Waals surface area (Å²) in [6, 6.07) is 0.474. The highest BCUT2D eigenvalue weighted by atomic mass is 35.5. The minimum absolute atomic E-state index is 0.474. The van der Waals surface area contributed by atoms with Gasteiger partial charge in [-0.2, -0.15) is 0 Å². The van der Waals surface area contributed by atoms with Crippen molar-refractivity contribution in [1.82, 2.24) is 4.98 Å². The molecule has 0 saturated carbocycles. The van der Waals surface area contributed by atoms with Gasteiger partial charge in [-0.3, -0.25) is 0 Å². The predicted molar refractivity (Wildman–Crippen MR) is 59.4 cm³/mol. The van der Waals surface area contributed by atoms with Crippen LogP contribution in [0.15, 0.2) is 5.38 Å². The summed E-state index contributed by atoms with van der Waals surface area (Å²) in [6.45, 7) is 4.76. The molecule has 5 heteroatoms. The molecular weight excluding hydrogens is 220 g/mol. The van der Waals surface area contributed by atoms with Crippen LogP contribution < -0.4 is 4.90 Å². The number of aromatic nitrogens is 1. The van der Waals surface area contributed by atoms with Crippen molar-refractivity contribution in [3.05, 3.63) is 10.5 Å². The Kier molecular flexibility index (Phi) is 3.26. The number of ether oxygens (including phenoxy) is 1. The summed E-state index contributed by atoms with van der Waals surface area (Å²) < 4.78 is 5.37. The van der Waals surface area contributed by atoms with Crippen LogP contribution in [0.3, 0.4) is 0 Å². The Morgan fingerprint density at radius 2 is 2.64 bits per heavy atom. The lowest BCUT2D eigenvalue weighted by molar-refractivity contribution is 0.193. The van der Waals surface area contributed by atoms with Crippen molar-refractivity contribution in [2.75, 3.05) is 24.7 Å². The molecule has 2 heterocycles. The number of anilines is 1. The predicted octanol–water partition coefficient (Wildman–Crippen LogP) is 2.41. The molecule has 1 atom stereocenters. The summed E-state index contributed by atoms with van der Waals surface area (Å²) in [6.07, 6.45) is 1.09. The maximum atomic E-state index is 5.81. The number of thiazole rings is 1. The first kappa shape index (κ1) is 10.2. The summed E-state index contributed by atoms with van der Waals surface area (Å²) >= 11 is 7.41. The van der Waals surface area contributed by atoms with Crippen LogP contribution in [0.5, 0.6) is 0 Å². The van der Waals surface area contributed by atoms with Gasteiger partial charge in [0.15, 0.2) is 5.13 Å². The summed E-state index contributed by atoms with van der Waals surface area (Å²) in [4.78, 5) is 6.55. The third-order valence-electron chi connectivity index (χ3n) is 2.40. The Morgan fingerprint density at radius 3 is 3.14 bits per heavy atom. The molecule has 0 N–H and O–H groups in total. The molecule has 0 aromatic carbocycles. The van der Waals surface area contributed by atoms with Crippen LogP contribution in [0.2, 0.25) is 5.15 Å². The van der Waals surface area contributed by atoms with Gasteiger partial charge in [0, 0.05) is 18.5 Å². The third-order valence-corrected chi connectivity index (χ3v) is 3.60. The van der Waals surface area contributed by atoms with E-state index in [2.05, 4.69) is 16.8 Å². The zero-order valence-electron chi connectivity index (χ0n) is 8.07. The van der Waals surface area contributed by atoms with E-state index < -0.39 is 0 Å². The van der Waals surface area contributed by atoms with Crippen LogP contribution in [0.1, 0.15) is 13.3 Å². The third kappa shape index (κ3) is 2.02. The van der Waals surface area contributed by atoms with E-state index in [4.69, 9.17) is 16.3 Å². The highest BCUT2D eigenvalue weighted by Gasteiger charge is 2.24. The maximum absolute atomic E-state index is 5.81. The van der Waals surface area contributed by atoms with Crippen molar-refractivity contribution in [2.24, 2.45) is 0 Å². The summed E-state index contributed by atoms with van der Waals surface area (Å²) in [5.41, 5.74) is 0. The second-order valence-corrected chi connectivity index (χ2v) is 4.48. The van der Waals surface area contributed by atoms with E-state index in [1.165, 1.54) is 0 Å². The van der Waals surface area contributed by atoms with E-state index in [0.29, 0.717) is 11.2 Å². The van der Waals surface area contributed by atoms with E-state index in [1.807, 2.05) is 5.38 Å². The molecule has 1 saturated heterocycles. The van der Waals surface area contributed by atoms with Gasteiger partial charge >= 0.3 is 0 Å². The average Bonchev–Trinajstić information content (AvgIpc) is 2.79. The largest absolute Gasteiger partial charge is 0.379 e. The SMILES string of the molecule is CCN(c1nc(Cl)cs1)C1CCOC1. The van der Waals surface area contributed by atoms with Gasteiger partial charge in [0.05, 0.1) is 12.6 Å². The van der Waals surface area contributed by atoms with Gasteiger partial charge in [-0.05, 0) is 13.3 Å². The fourth-order valence-corrected chi connectivity index (χ4v) is 2.78. The van der Waals surface area contributed by atoms with Crippen molar-refractivity contribution in [1.29, 1.82) is 0 Å². The Morgan fingerprint density at radius 1 is 1.79 bits per heavy atom. The molecule has 1 unspecified atom stereocenters. The zero-order chi connectivity index (χ0) is 9.97.